The summed E-state index contributed by atoms with van der Waals surface area (Å²) in [5.74, 6) is -1.20. The highest BCUT2D eigenvalue weighted by Crippen LogP contribution is 2.15. The number of carbonyl (C=O) groups excluding carboxylic acids is 1. The van der Waals surface area contributed by atoms with Crippen molar-refractivity contribution in [2.75, 3.05) is 7.11 Å². The third-order valence-corrected chi connectivity index (χ3v) is 1.65. The summed E-state index contributed by atoms with van der Waals surface area (Å²) in [6.07, 6.45) is 0. The maximum Gasteiger partial charge on any atom is 0.337 e. The number of methoxy groups -OCH3 is 1. The second-order valence-corrected chi connectivity index (χ2v) is 2.53. The molecule has 0 N–H and O–H groups in total. The molecule has 4 heteroatoms. The number of halogens is 2. The molecule has 0 saturated carbocycles. The van der Waals surface area contributed by atoms with Gasteiger partial charge in [0.2, 0.25) is 0 Å². The first kappa shape index (κ1) is 9.00. The van der Waals surface area contributed by atoms with Crippen LogP contribution in [-0.2, 0) is 4.74 Å². The molecule has 12 heavy (non-hydrogen) atoms. The van der Waals surface area contributed by atoms with Gasteiger partial charge in [-0.2, -0.15) is 0 Å². The molecule has 0 aliphatic rings. The smallest absolute Gasteiger partial charge is 0.337 e. The number of esters is 1. The van der Waals surface area contributed by atoms with E-state index in [1.807, 2.05) is 0 Å². The van der Waals surface area contributed by atoms with E-state index in [9.17, 15) is 9.18 Å². The van der Waals surface area contributed by atoms with Gasteiger partial charge in [-0.1, -0.05) is 11.6 Å². The van der Waals surface area contributed by atoms with Crippen LogP contribution in [0.3, 0.4) is 0 Å². The van der Waals surface area contributed by atoms with Crippen molar-refractivity contribution in [1.29, 1.82) is 0 Å². The molecule has 0 atom stereocenters. The Balaban J connectivity index is 3.05. The molecule has 0 fully saturated rings. The van der Waals surface area contributed by atoms with Crippen LogP contribution >= 0.6 is 11.6 Å². The third-order valence-electron chi connectivity index (χ3n) is 1.34. The van der Waals surface area contributed by atoms with E-state index in [0.29, 0.717) is 0 Å². The topological polar surface area (TPSA) is 26.3 Å². The molecule has 0 unspecified atom stereocenters. The van der Waals surface area contributed by atoms with Gasteiger partial charge in [-0.25, -0.2) is 9.18 Å². The molecule has 0 heterocycles. The van der Waals surface area contributed by atoms with E-state index < -0.39 is 11.8 Å². The lowest BCUT2D eigenvalue weighted by Crippen LogP contribution is -2.01. The number of hydrogen-bond acceptors (Lipinski definition) is 2. The highest BCUT2D eigenvalue weighted by Gasteiger charge is 2.07. The summed E-state index contributed by atoms with van der Waals surface area (Å²) in [4.78, 5) is 10.8. The van der Waals surface area contributed by atoms with E-state index in [0.717, 1.165) is 6.07 Å². The largest absolute Gasteiger partial charge is 0.465 e. The molecule has 0 bridgehead atoms. The Bertz CT molecular complexity index is 312. The normalized spacial score (nSPS) is 9.58. The fourth-order valence-electron chi connectivity index (χ4n) is 0.741. The first-order chi connectivity index (χ1) is 5.65. The van der Waals surface area contributed by atoms with Crippen molar-refractivity contribution in [3.05, 3.63) is 34.6 Å². The molecule has 64 valence electrons. The Labute approximate surface area is 73.9 Å². The monoisotopic (exact) mass is 188 g/mol. The summed E-state index contributed by atoms with van der Waals surface area (Å²) >= 11 is 5.40. The van der Waals surface area contributed by atoms with Gasteiger partial charge in [0.05, 0.1) is 17.7 Å². The Kier molecular flexibility index (Phi) is 2.65. The van der Waals surface area contributed by atoms with E-state index >= 15 is 0 Å². The number of rotatable bonds is 1. The summed E-state index contributed by atoms with van der Waals surface area (Å²) in [5.41, 5.74) is 0.152. The minimum absolute atomic E-state index is 0.0114. The molecule has 1 aromatic carbocycles. The molecule has 0 spiro atoms. The summed E-state index contributed by atoms with van der Waals surface area (Å²) in [6.45, 7) is 0. The maximum absolute atomic E-state index is 12.7. The van der Waals surface area contributed by atoms with E-state index in [-0.39, 0.29) is 10.6 Å². The lowest BCUT2D eigenvalue weighted by Gasteiger charge is -1.99. The third kappa shape index (κ3) is 1.74. The Morgan fingerprint density at radius 2 is 2.25 bits per heavy atom. The molecule has 0 aliphatic carbocycles. The van der Waals surface area contributed by atoms with Crippen LogP contribution in [0.4, 0.5) is 4.39 Å². The second-order valence-electron chi connectivity index (χ2n) is 2.12. The predicted molar refractivity (Wildman–Crippen MR) is 42.7 cm³/mol. The molecule has 0 aliphatic heterocycles. The standard InChI is InChI=1S/C8H6ClFO2/c1-12-8(11)5-2-3-6(9)7(10)4-5/h2-4H,1H3. The Morgan fingerprint density at radius 3 is 2.75 bits per heavy atom. The lowest BCUT2D eigenvalue weighted by molar-refractivity contribution is 0.0600. The van der Waals surface area contributed by atoms with Gasteiger partial charge in [-0.15, -0.1) is 0 Å². The molecular formula is C8H6ClFO2. The summed E-state index contributed by atoms with van der Waals surface area (Å²) in [6, 6.07) is 3.74. The van der Waals surface area contributed by atoms with Gasteiger partial charge in [0, 0.05) is 0 Å². The zero-order valence-corrected chi connectivity index (χ0v) is 7.06. The van der Waals surface area contributed by atoms with Crippen molar-refractivity contribution in [1.82, 2.24) is 0 Å². The van der Waals surface area contributed by atoms with Crippen molar-refractivity contribution in [2.24, 2.45) is 0 Å². The van der Waals surface area contributed by atoms with Gasteiger partial charge in [-0.3, -0.25) is 0 Å². The molecule has 0 aromatic heterocycles. The average Bonchev–Trinajstić information content (AvgIpc) is 2.08. The van der Waals surface area contributed by atoms with Crippen LogP contribution in [0.15, 0.2) is 18.2 Å². The zero-order chi connectivity index (χ0) is 9.14. The summed E-state index contributed by atoms with van der Waals surface area (Å²) < 4.78 is 17.1. The van der Waals surface area contributed by atoms with Crippen molar-refractivity contribution in [2.45, 2.75) is 0 Å². The molecule has 0 saturated heterocycles. The molecule has 1 rings (SSSR count). The van der Waals surface area contributed by atoms with Crippen molar-refractivity contribution in [3.8, 4) is 0 Å². The fraction of sp³-hybridized carbons (Fsp3) is 0.125. The molecule has 2 nitrogen and oxygen atoms in total. The lowest BCUT2D eigenvalue weighted by atomic mass is 10.2. The van der Waals surface area contributed by atoms with Gasteiger partial charge in [-0.05, 0) is 18.2 Å². The van der Waals surface area contributed by atoms with Crippen LogP contribution in [0, 0.1) is 5.82 Å². The molecule has 0 radical (unpaired) electrons. The Morgan fingerprint density at radius 1 is 1.58 bits per heavy atom. The molecule has 1 aromatic rings. The van der Waals surface area contributed by atoms with E-state index in [4.69, 9.17) is 11.6 Å². The first-order valence-electron chi connectivity index (χ1n) is 3.18. The van der Waals surface area contributed by atoms with Crippen LogP contribution in [0.25, 0.3) is 0 Å². The predicted octanol–water partition coefficient (Wildman–Crippen LogP) is 2.27. The van der Waals surface area contributed by atoms with Gasteiger partial charge in [0.1, 0.15) is 5.82 Å². The Hall–Kier alpha value is -1.09. The van der Waals surface area contributed by atoms with Gasteiger partial charge < -0.3 is 4.74 Å². The SMILES string of the molecule is COC(=O)c1ccc(Cl)c(F)c1. The summed E-state index contributed by atoms with van der Waals surface area (Å²) in [5, 5.41) is -0.0114. The van der Waals surface area contributed by atoms with Crippen LogP contribution in [0.1, 0.15) is 10.4 Å². The number of carbonyl (C=O) groups is 1. The van der Waals surface area contributed by atoms with E-state index in [2.05, 4.69) is 4.74 Å². The average molecular weight is 189 g/mol. The highest BCUT2D eigenvalue weighted by atomic mass is 35.5. The van der Waals surface area contributed by atoms with Crippen molar-refractivity contribution < 1.29 is 13.9 Å². The number of hydrogen-bond donors (Lipinski definition) is 0. The van der Waals surface area contributed by atoms with Crippen LogP contribution in [-0.4, -0.2) is 13.1 Å². The van der Waals surface area contributed by atoms with Crippen molar-refractivity contribution in [3.63, 3.8) is 0 Å². The van der Waals surface area contributed by atoms with Gasteiger partial charge in [0.25, 0.3) is 0 Å². The van der Waals surface area contributed by atoms with E-state index in [1.165, 1.54) is 19.2 Å². The van der Waals surface area contributed by atoms with Gasteiger partial charge >= 0.3 is 5.97 Å². The quantitative estimate of drug-likeness (QED) is 0.632. The molecule has 0 amide bonds. The number of benzene rings is 1. The van der Waals surface area contributed by atoms with Gasteiger partial charge in [0.15, 0.2) is 0 Å². The zero-order valence-electron chi connectivity index (χ0n) is 6.30. The van der Waals surface area contributed by atoms with Crippen molar-refractivity contribution >= 4 is 17.6 Å². The minimum Gasteiger partial charge on any atom is -0.465 e. The first-order valence-corrected chi connectivity index (χ1v) is 3.56. The summed E-state index contributed by atoms with van der Waals surface area (Å²) in [7, 11) is 1.23. The maximum atomic E-state index is 12.7. The fourth-order valence-corrected chi connectivity index (χ4v) is 0.859. The van der Waals surface area contributed by atoms with Crippen LogP contribution in [0.2, 0.25) is 5.02 Å². The van der Waals surface area contributed by atoms with Crippen LogP contribution < -0.4 is 0 Å². The second kappa shape index (κ2) is 3.54. The van der Waals surface area contributed by atoms with E-state index in [1.54, 1.807) is 0 Å². The number of ether oxygens (including phenoxy) is 1. The molecular weight excluding hydrogens is 183 g/mol. The van der Waals surface area contributed by atoms with Crippen LogP contribution in [0.5, 0.6) is 0 Å². The highest BCUT2D eigenvalue weighted by molar-refractivity contribution is 6.30. The minimum atomic E-state index is -0.625.